The molecule has 0 rings (SSSR count). The molecule has 0 aliphatic heterocycles. The summed E-state index contributed by atoms with van der Waals surface area (Å²) in [5.74, 6) is 0. The Hall–Kier alpha value is -0.370. The first-order valence-corrected chi connectivity index (χ1v) is 3.23. The molecule has 0 bridgehead atoms. The molecule has 9 heavy (non-hydrogen) atoms. The first kappa shape index (κ1) is 8.63. The largest absolute Gasteiger partial charge is 0.311 e. The highest BCUT2D eigenvalue weighted by Crippen LogP contribution is 1.82. The van der Waals surface area contributed by atoms with E-state index in [1.807, 2.05) is 6.92 Å². The molecule has 0 spiro atoms. The Morgan fingerprint density at radius 2 is 2.44 bits per heavy atom. The number of alkyl halides is 1. The van der Waals surface area contributed by atoms with Crippen molar-refractivity contribution in [3.05, 3.63) is 12.7 Å². The van der Waals surface area contributed by atoms with E-state index in [9.17, 15) is 4.39 Å². The number of hydrogen-bond acceptors (Lipinski definition) is 1. The van der Waals surface area contributed by atoms with Gasteiger partial charge in [0.05, 0.1) is 6.67 Å². The average Bonchev–Trinajstić information content (AvgIpc) is 1.89. The molecule has 0 aromatic rings. The van der Waals surface area contributed by atoms with Crippen LogP contribution in [0.25, 0.3) is 0 Å². The van der Waals surface area contributed by atoms with Gasteiger partial charge in [-0.2, -0.15) is 0 Å². The van der Waals surface area contributed by atoms with Gasteiger partial charge in [0.15, 0.2) is 0 Å². The Morgan fingerprint density at radius 1 is 1.78 bits per heavy atom. The predicted molar refractivity (Wildman–Crippen MR) is 38.3 cm³/mol. The van der Waals surface area contributed by atoms with Gasteiger partial charge in [-0.05, 0) is 19.9 Å². The van der Waals surface area contributed by atoms with Crippen LogP contribution in [0.3, 0.4) is 0 Å². The number of rotatable bonds is 5. The molecule has 0 saturated carbocycles. The summed E-state index contributed by atoms with van der Waals surface area (Å²) in [5, 5.41) is 3.08. The van der Waals surface area contributed by atoms with Gasteiger partial charge in [0.25, 0.3) is 0 Å². The summed E-state index contributed by atoms with van der Waals surface area (Å²) in [6.07, 6.45) is 2.40. The van der Waals surface area contributed by atoms with Crippen LogP contribution < -0.4 is 5.32 Å². The van der Waals surface area contributed by atoms with E-state index in [-0.39, 0.29) is 6.67 Å². The normalized spacial score (nSPS) is 13.1. The standard InChI is InChI=1S/C7H14FN/c1-3-7(2)9-6-4-5-8/h3,7,9H,1,4-6H2,2H3. The molecule has 1 atom stereocenters. The molecule has 1 N–H and O–H groups in total. The summed E-state index contributed by atoms with van der Waals surface area (Å²) in [6.45, 7) is 6.07. The van der Waals surface area contributed by atoms with Gasteiger partial charge in [0, 0.05) is 6.04 Å². The van der Waals surface area contributed by atoms with Crippen LogP contribution in [0.2, 0.25) is 0 Å². The minimum Gasteiger partial charge on any atom is -0.311 e. The van der Waals surface area contributed by atoms with Gasteiger partial charge in [-0.3, -0.25) is 4.39 Å². The minimum atomic E-state index is -0.239. The molecule has 0 amide bonds. The Bertz CT molecular complexity index is 73.3. The second-order valence-corrected chi connectivity index (χ2v) is 2.02. The lowest BCUT2D eigenvalue weighted by atomic mass is 10.3. The van der Waals surface area contributed by atoms with Crippen molar-refractivity contribution < 1.29 is 4.39 Å². The fourth-order valence-corrected chi connectivity index (χ4v) is 0.480. The third-order valence-electron chi connectivity index (χ3n) is 1.13. The van der Waals surface area contributed by atoms with Gasteiger partial charge < -0.3 is 5.32 Å². The zero-order valence-corrected chi connectivity index (χ0v) is 5.86. The van der Waals surface area contributed by atoms with Crippen LogP contribution in [0, 0.1) is 0 Å². The maximum Gasteiger partial charge on any atom is 0.0906 e. The van der Waals surface area contributed by atoms with Gasteiger partial charge in [0.2, 0.25) is 0 Å². The molecule has 0 radical (unpaired) electrons. The van der Waals surface area contributed by atoms with Crippen molar-refractivity contribution in [3.63, 3.8) is 0 Å². The summed E-state index contributed by atoms with van der Waals surface area (Å²) in [6, 6.07) is 0.302. The molecular formula is C7H14FN. The van der Waals surface area contributed by atoms with Crippen LogP contribution in [-0.4, -0.2) is 19.3 Å². The lowest BCUT2D eigenvalue weighted by Gasteiger charge is -2.05. The summed E-state index contributed by atoms with van der Waals surface area (Å²) in [7, 11) is 0. The van der Waals surface area contributed by atoms with E-state index in [2.05, 4.69) is 11.9 Å². The summed E-state index contributed by atoms with van der Waals surface area (Å²) < 4.78 is 11.5. The molecule has 0 aromatic heterocycles. The summed E-state index contributed by atoms with van der Waals surface area (Å²) in [5.41, 5.74) is 0. The third-order valence-corrected chi connectivity index (χ3v) is 1.13. The summed E-state index contributed by atoms with van der Waals surface area (Å²) in [4.78, 5) is 0. The fraction of sp³-hybridized carbons (Fsp3) is 0.714. The quantitative estimate of drug-likeness (QED) is 0.440. The van der Waals surface area contributed by atoms with E-state index < -0.39 is 0 Å². The van der Waals surface area contributed by atoms with E-state index in [1.54, 1.807) is 6.08 Å². The number of hydrogen-bond donors (Lipinski definition) is 1. The van der Waals surface area contributed by atoms with Crippen molar-refractivity contribution in [1.82, 2.24) is 5.32 Å². The third kappa shape index (κ3) is 5.50. The van der Waals surface area contributed by atoms with Crippen LogP contribution in [0.1, 0.15) is 13.3 Å². The van der Waals surface area contributed by atoms with Crippen LogP contribution in [0.5, 0.6) is 0 Å². The fourth-order valence-electron chi connectivity index (χ4n) is 0.480. The molecule has 0 aromatic carbocycles. The highest BCUT2D eigenvalue weighted by molar-refractivity contribution is 4.80. The molecular weight excluding hydrogens is 117 g/mol. The average molecular weight is 131 g/mol. The van der Waals surface area contributed by atoms with Gasteiger partial charge in [0.1, 0.15) is 0 Å². The van der Waals surface area contributed by atoms with Crippen LogP contribution >= 0.6 is 0 Å². The van der Waals surface area contributed by atoms with E-state index in [0.29, 0.717) is 12.5 Å². The predicted octanol–water partition coefficient (Wildman–Crippen LogP) is 1.51. The van der Waals surface area contributed by atoms with Gasteiger partial charge >= 0.3 is 0 Å². The molecule has 0 heterocycles. The van der Waals surface area contributed by atoms with Crippen molar-refractivity contribution >= 4 is 0 Å². The maximum atomic E-state index is 11.5. The second kappa shape index (κ2) is 5.76. The Morgan fingerprint density at radius 3 is 2.89 bits per heavy atom. The van der Waals surface area contributed by atoms with E-state index in [4.69, 9.17) is 0 Å². The molecule has 54 valence electrons. The molecule has 0 aliphatic carbocycles. The van der Waals surface area contributed by atoms with Crippen LogP contribution in [0.4, 0.5) is 4.39 Å². The molecule has 0 aliphatic rings. The summed E-state index contributed by atoms with van der Waals surface area (Å²) >= 11 is 0. The first-order chi connectivity index (χ1) is 4.31. The molecule has 1 unspecified atom stereocenters. The highest BCUT2D eigenvalue weighted by atomic mass is 19.1. The van der Waals surface area contributed by atoms with Gasteiger partial charge in [-0.15, -0.1) is 6.58 Å². The van der Waals surface area contributed by atoms with Gasteiger partial charge in [-0.1, -0.05) is 6.08 Å². The van der Waals surface area contributed by atoms with E-state index >= 15 is 0 Å². The topological polar surface area (TPSA) is 12.0 Å². The SMILES string of the molecule is C=CC(C)NCCCF. The van der Waals surface area contributed by atoms with Crippen molar-refractivity contribution in [2.75, 3.05) is 13.2 Å². The minimum absolute atomic E-state index is 0.239. The molecule has 1 nitrogen and oxygen atoms in total. The number of nitrogens with one attached hydrogen (secondary N) is 1. The smallest absolute Gasteiger partial charge is 0.0906 e. The van der Waals surface area contributed by atoms with Crippen molar-refractivity contribution in [1.29, 1.82) is 0 Å². The number of halogens is 1. The van der Waals surface area contributed by atoms with Crippen molar-refractivity contribution in [2.45, 2.75) is 19.4 Å². The Kier molecular flexibility index (Phi) is 5.52. The Balaban J connectivity index is 2.96. The Labute approximate surface area is 56.0 Å². The zero-order valence-electron chi connectivity index (χ0n) is 5.86. The second-order valence-electron chi connectivity index (χ2n) is 2.02. The van der Waals surface area contributed by atoms with Gasteiger partial charge in [-0.25, -0.2) is 0 Å². The molecule has 0 fully saturated rings. The van der Waals surface area contributed by atoms with Crippen molar-refractivity contribution in [3.8, 4) is 0 Å². The maximum absolute atomic E-state index is 11.5. The van der Waals surface area contributed by atoms with Crippen LogP contribution in [-0.2, 0) is 0 Å². The van der Waals surface area contributed by atoms with Crippen LogP contribution in [0.15, 0.2) is 12.7 Å². The first-order valence-electron chi connectivity index (χ1n) is 3.23. The zero-order chi connectivity index (χ0) is 7.11. The van der Waals surface area contributed by atoms with Crippen molar-refractivity contribution in [2.24, 2.45) is 0 Å². The van der Waals surface area contributed by atoms with E-state index in [1.165, 1.54) is 0 Å². The highest BCUT2D eigenvalue weighted by Gasteiger charge is 1.91. The molecule has 0 saturated heterocycles. The lowest BCUT2D eigenvalue weighted by molar-refractivity contribution is 0.454. The lowest BCUT2D eigenvalue weighted by Crippen LogP contribution is -2.24. The molecule has 2 heteroatoms. The van der Waals surface area contributed by atoms with E-state index in [0.717, 1.165) is 6.54 Å². The monoisotopic (exact) mass is 131 g/mol.